The van der Waals surface area contributed by atoms with Crippen LogP contribution in [0.3, 0.4) is 0 Å². The maximum Gasteiger partial charge on any atom is 0.258 e. The van der Waals surface area contributed by atoms with Crippen molar-refractivity contribution in [1.29, 1.82) is 0 Å². The lowest BCUT2D eigenvalue weighted by Gasteiger charge is -2.40. The van der Waals surface area contributed by atoms with E-state index in [0.29, 0.717) is 34.9 Å². The van der Waals surface area contributed by atoms with E-state index < -0.39 is 0 Å². The summed E-state index contributed by atoms with van der Waals surface area (Å²) >= 11 is 0. The summed E-state index contributed by atoms with van der Waals surface area (Å²) in [5.41, 5.74) is 3.19. The first-order valence-corrected chi connectivity index (χ1v) is 10.7. The zero-order valence-electron chi connectivity index (χ0n) is 16.7. The Morgan fingerprint density at radius 3 is 2.40 bits per heavy atom. The van der Waals surface area contributed by atoms with Crippen molar-refractivity contribution in [2.75, 3.05) is 11.9 Å². The van der Waals surface area contributed by atoms with Gasteiger partial charge in [-0.3, -0.25) is 9.59 Å². The first kappa shape index (κ1) is 19.1. The van der Waals surface area contributed by atoms with Crippen molar-refractivity contribution in [3.8, 4) is 5.75 Å². The number of carbonyl (C=O) groups excluding carboxylic acids is 2. The topological polar surface area (TPSA) is 67.4 Å². The molecule has 0 aliphatic heterocycles. The number of benzene rings is 2. The summed E-state index contributed by atoms with van der Waals surface area (Å²) in [5.74, 6) is 0.674. The van der Waals surface area contributed by atoms with Crippen LogP contribution in [0.15, 0.2) is 36.4 Å². The van der Waals surface area contributed by atoms with Gasteiger partial charge in [-0.2, -0.15) is 0 Å². The van der Waals surface area contributed by atoms with E-state index in [1.54, 1.807) is 18.2 Å². The van der Waals surface area contributed by atoms with Crippen molar-refractivity contribution >= 4 is 17.5 Å². The van der Waals surface area contributed by atoms with Crippen LogP contribution in [0.5, 0.6) is 5.75 Å². The highest BCUT2D eigenvalue weighted by atomic mass is 19.1. The molecule has 0 saturated heterocycles. The van der Waals surface area contributed by atoms with E-state index in [1.165, 1.54) is 12.1 Å². The third kappa shape index (κ3) is 3.78. The number of fused-ring (bicyclic) bond motifs is 2. The molecule has 6 heteroatoms. The van der Waals surface area contributed by atoms with Crippen LogP contribution >= 0.6 is 0 Å². The Bertz CT molecular complexity index is 994. The standard InChI is InChI=1S/C24H25FN2O3/c25-16-2-1-3-18(12-16)27-24(29)19-10-11-20(30-13-21(28)26-17-8-9-17)23-15-6-4-14(5-7-15)22(19)23/h1-3,10-12,14-15,17H,4-9,13H2,(H,26,28)(H,27,29). The second-order valence-electron chi connectivity index (χ2n) is 8.58. The quantitative estimate of drug-likeness (QED) is 0.740. The van der Waals surface area contributed by atoms with Crippen molar-refractivity contribution < 1.29 is 18.7 Å². The van der Waals surface area contributed by atoms with Crippen molar-refractivity contribution in [3.63, 3.8) is 0 Å². The lowest BCUT2D eigenvalue weighted by Crippen LogP contribution is -2.31. The summed E-state index contributed by atoms with van der Waals surface area (Å²) in [6.07, 6.45) is 6.36. The molecule has 4 aliphatic rings. The lowest BCUT2D eigenvalue weighted by molar-refractivity contribution is -0.123. The Labute approximate surface area is 175 Å². The van der Waals surface area contributed by atoms with Gasteiger partial charge in [0.2, 0.25) is 0 Å². The Kier molecular flexibility index (Phi) is 4.93. The van der Waals surface area contributed by atoms with Gasteiger partial charge in [-0.05, 0) is 86.3 Å². The maximum atomic E-state index is 13.5. The second kappa shape index (κ2) is 7.74. The third-order valence-electron chi connectivity index (χ3n) is 6.42. The van der Waals surface area contributed by atoms with Gasteiger partial charge in [0.1, 0.15) is 11.6 Å². The molecular formula is C24H25FN2O3. The van der Waals surface area contributed by atoms with Crippen LogP contribution in [0.25, 0.3) is 0 Å². The molecule has 2 saturated carbocycles. The summed E-state index contributed by atoms with van der Waals surface area (Å²) in [6.45, 7) is -0.00480. The van der Waals surface area contributed by atoms with Gasteiger partial charge in [-0.1, -0.05) is 6.07 Å². The van der Waals surface area contributed by atoms with Crippen LogP contribution in [-0.2, 0) is 4.79 Å². The van der Waals surface area contributed by atoms with Crippen molar-refractivity contribution in [2.45, 2.75) is 56.4 Å². The first-order valence-electron chi connectivity index (χ1n) is 10.7. The smallest absolute Gasteiger partial charge is 0.258 e. The average molecular weight is 408 g/mol. The molecule has 0 unspecified atom stereocenters. The molecule has 2 bridgehead atoms. The molecule has 156 valence electrons. The number of anilines is 1. The largest absolute Gasteiger partial charge is 0.483 e. The molecule has 6 rings (SSSR count). The van der Waals surface area contributed by atoms with Gasteiger partial charge >= 0.3 is 0 Å². The fraction of sp³-hybridized carbons (Fsp3) is 0.417. The number of hydrogen-bond donors (Lipinski definition) is 2. The molecule has 2 N–H and O–H groups in total. The van der Waals surface area contributed by atoms with Crippen LogP contribution < -0.4 is 15.4 Å². The van der Waals surface area contributed by atoms with E-state index in [-0.39, 0.29) is 24.2 Å². The van der Waals surface area contributed by atoms with Gasteiger partial charge in [-0.15, -0.1) is 0 Å². The fourth-order valence-electron chi connectivity index (χ4n) is 4.88. The summed E-state index contributed by atoms with van der Waals surface area (Å²) in [4.78, 5) is 25.1. The highest BCUT2D eigenvalue weighted by molar-refractivity contribution is 6.06. The molecule has 4 aliphatic carbocycles. The number of rotatable bonds is 6. The molecule has 2 fully saturated rings. The van der Waals surface area contributed by atoms with Crippen LogP contribution in [0, 0.1) is 5.82 Å². The van der Waals surface area contributed by atoms with E-state index in [4.69, 9.17) is 4.74 Å². The maximum absolute atomic E-state index is 13.5. The van der Waals surface area contributed by atoms with Gasteiger partial charge in [0.15, 0.2) is 6.61 Å². The summed E-state index contributed by atoms with van der Waals surface area (Å²) in [5, 5.41) is 5.76. The number of carbonyl (C=O) groups is 2. The van der Waals surface area contributed by atoms with Crippen LogP contribution in [-0.4, -0.2) is 24.5 Å². The highest BCUT2D eigenvalue weighted by Gasteiger charge is 2.38. The molecule has 0 aromatic heterocycles. The van der Waals surface area contributed by atoms with Gasteiger partial charge in [0.25, 0.3) is 11.8 Å². The van der Waals surface area contributed by atoms with E-state index in [0.717, 1.165) is 49.7 Å². The van der Waals surface area contributed by atoms with Crippen LogP contribution in [0.2, 0.25) is 0 Å². The number of nitrogens with one attached hydrogen (secondary N) is 2. The molecule has 0 spiro atoms. The molecular weight excluding hydrogens is 383 g/mol. The molecule has 0 radical (unpaired) electrons. The summed E-state index contributed by atoms with van der Waals surface area (Å²) in [7, 11) is 0. The lowest BCUT2D eigenvalue weighted by atomic mass is 9.65. The number of ether oxygens (including phenoxy) is 1. The monoisotopic (exact) mass is 408 g/mol. The van der Waals surface area contributed by atoms with E-state index in [9.17, 15) is 14.0 Å². The predicted octanol–water partition coefficient (Wildman–Crippen LogP) is 4.49. The minimum Gasteiger partial charge on any atom is -0.483 e. The highest BCUT2D eigenvalue weighted by Crippen LogP contribution is 2.53. The van der Waals surface area contributed by atoms with E-state index in [2.05, 4.69) is 10.6 Å². The van der Waals surface area contributed by atoms with Gasteiger partial charge in [0, 0.05) is 22.9 Å². The SMILES string of the molecule is O=C(COc1ccc(C(=O)Nc2cccc(F)c2)c2c1C1CCC2CC1)NC1CC1. The summed E-state index contributed by atoms with van der Waals surface area (Å²) in [6, 6.07) is 9.81. The molecule has 0 heterocycles. The minimum atomic E-state index is -0.387. The Morgan fingerprint density at radius 2 is 1.70 bits per heavy atom. The third-order valence-corrected chi connectivity index (χ3v) is 6.42. The molecule has 2 aromatic rings. The average Bonchev–Trinajstić information content (AvgIpc) is 3.56. The Balaban J connectivity index is 1.42. The van der Waals surface area contributed by atoms with Gasteiger partial charge in [0.05, 0.1) is 0 Å². The van der Waals surface area contributed by atoms with Gasteiger partial charge < -0.3 is 15.4 Å². The predicted molar refractivity (Wildman–Crippen MR) is 111 cm³/mol. The number of halogens is 1. The second-order valence-corrected chi connectivity index (χ2v) is 8.58. The minimum absolute atomic E-state index is 0.00480. The molecule has 30 heavy (non-hydrogen) atoms. The van der Waals surface area contributed by atoms with Crippen LogP contribution in [0.1, 0.15) is 71.8 Å². The Morgan fingerprint density at radius 1 is 0.967 bits per heavy atom. The van der Waals surface area contributed by atoms with Crippen molar-refractivity contribution in [1.82, 2.24) is 5.32 Å². The summed E-state index contributed by atoms with van der Waals surface area (Å²) < 4.78 is 19.4. The van der Waals surface area contributed by atoms with Crippen molar-refractivity contribution in [3.05, 3.63) is 58.9 Å². The number of amides is 2. The molecule has 0 atom stereocenters. The fourth-order valence-corrected chi connectivity index (χ4v) is 4.88. The van der Waals surface area contributed by atoms with E-state index in [1.807, 2.05) is 6.07 Å². The number of hydrogen-bond acceptors (Lipinski definition) is 3. The normalized spacial score (nSPS) is 21.6. The molecule has 2 amide bonds. The van der Waals surface area contributed by atoms with Crippen molar-refractivity contribution in [2.24, 2.45) is 0 Å². The zero-order chi connectivity index (χ0) is 20.7. The van der Waals surface area contributed by atoms with E-state index >= 15 is 0 Å². The van der Waals surface area contributed by atoms with Gasteiger partial charge in [-0.25, -0.2) is 4.39 Å². The molecule has 2 aromatic carbocycles. The Hall–Kier alpha value is -2.89. The molecule has 5 nitrogen and oxygen atoms in total. The first-order chi connectivity index (χ1) is 14.6. The zero-order valence-corrected chi connectivity index (χ0v) is 16.7. The van der Waals surface area contributed by atoms with Crippen LogP contribution in [0.4, 0.5) is 10.1 Å².